The van der Waals surface area contributed by atoms with Crippen molar-refractivity contribution in [3.05, 3.63) is 17.2 Å². The van der Waals surface area contributed by atoms with Crippen molar-refractivity contribution in [2.75, 3.05) is 27.5 Å². The summed E-state index contributed by atoms with van der Waals surface area (Å²) < 4.78 is 16.2. The minimum Gasteiger partial charge on any atom is -0.493 e. The summed E-state index contributed by atoms with van der Waals surface area (Å²) in [5, 5.41) is 10.1. The van der Waals surface area contributed by atoms with E-state index < -0.39 is 6.10 Å². The van der Waals surface area contributed by atoms with Gasteiger partial charge in [0, 0.05) is 18.7 Å². The number of hydrogen-bond acceptors (Lipinski definition) is 5. The average Bonchev–Trinajstić information content (AvgIpc) is 2.77. The number of fused-ring (bicyclic) bond motifs is 3. The summed E-state index contributed by atoms with van der Waals surface area (Å²) in [4.78, 5) is 2.06. The largest absolute Gasteiger partial charge is 0.493 e. The van der Waals surface area contributed by atoms with Crippen LogP contribution < -0.4 is 14.2 Å². The van der Waals surface area contributed by atoms with Crippen molar-refractivity contribution >= 4 is 0 Å². The first kappa shape index (κ1) is 10.7. The fourth-order valence-corrected chi connectivity index (χ4v) is 2.45. The van der Waals surface area contributed by atoms with Crippen LogP contribution in [0.15, 0.2) is 6.07 Å². The first-order valence-corrected chi connectivity index (χ1v) is 5.56. The standard InChI is InChI=1S/C12H15NO4/c1-13-4-8-7(9(14)5-13)3-10(15-2)12-11(8)16-6-17-12/h3,9,14H,4-6H2,1-2H3/t9-/m0/s1. The Morgan fingerprint density at radius 2 is 2.18 bits per heavy atom. The highest BCUT2D eigenvalue weighted by atomic mass is 16.7. The van der Waals surface area contributed by atoms with Gasteiger partial charge in [-0.3, -0.25) is 4.90 Å². The molecule has 1 atom stereocenters. The van der Waals surface area contributed by atoms with Crippen molar-refractivity contribution in [3.8, 4) is 17.2 Å². The molecule has 17 heavy (non-hydrogen) atoms. The fourth-order valence-electron chi connectivity index (χ4n) is 2.45. The lowest BCUT2D eigenvalue weighted by Crippen LogP contribution is -2.30. The zero-order valence-corrected chi connectivity index (χ0v) is 9.90. The van der Waals surface area contributed by atoms with Crippen LogP contribution in [0.5, 0.6) is 17.2 Å². The monoisotopic (exact) mass is 237 g/mol. The van der Waals surface area contributed by atoms with Crippen molar-refractivity contribution in [3.63, 3.8) is 0 Å². The summed E-state index contributed by atoms with van der Waals surface area (Å²) in [6, 6.07) is 1.85. The SMILES string of the molecule is COc1cc2c(c3c1OCO3)CN(C)C[C@@H]2O. The lowest BCUT2D eigenvalue weighted by molar-refractivity contribution is 0.105. The maximum absolute atomic E-state index is 10.1. The van der Waals surface area contributed by atoms with Crippen molar-refractivity contribution in [2.24, 2.45) is 0 Å². The second-order valence-corrected chi connectivity index (χ2v) is 4.42. The normalized spacial score (nSPS) is 22.4. The molecule has 0 unspecified atom stereocenters. The van der Waals surface area contributed by atoms with Gasteiger partial charge in [-0.05, 0) is 18.7 Å². The van der Waals surface area contributed by atoms with Gasteiger partial charge >= 0.3 is 0 Å². The average molecular weight is 237 g/mol. The molecule has 0 aliphatic carbocycles. The lowest BCUT2D eigenvalue weighted by atomic mass is 9.96. The quantitative estimate of drug-likeness (QED) is 0.786. The van der Waals surface area contributed by atoms with E-state index in [1.54, 1.807) is 7.11 Å². The summed E-state index contributed by atoms with van der Waals surface area (Å²) in [5.41, 5.74) is 1.88. The van der Waals surface area contributed by atoms with Crippen LogP contribution >= 0.6 is 0 Å². The van der Waals surface area contributed by atoms with Gasteiger partial charge in [-0.15, -0.1) is 0 Å². The van der Waals surface area contributed by atoms with Gasteiger partial charge in [0.25, 0.3) is 0 Å². The van der Waals surface area contributed by atoms with Crippen molar-refractivity contribution < 1.29 is 19.3 Å². The minimum atomic E-state index is -0.507. The van der Waals surface area contributed by atoms with E-state index in [0.29, 0.717) is 23.8 Å². The molecule has 0 saturated carbocycles. The van der Waals surface area contributed by atoms with Gasteiger partial charge < -0.3 is 19.3 Å². The molecule has 0 radical (unpaired) electrons. The summed E-state index contributed by atoms with van der Waals surface area (Å²) in [6.07, 6.45) is -0.507. The number of rotatable bonds is 1. The van der Waals surface area contributed by atoms with E-state index in [2.05, 4.69) is 4.90 Å². The Hall–Kier alpha value is -1.46. The van der Waals surface area contributed by atoms with Crippen LogP contribution in [0.1, 0.15) is 17.2 Å². The second kappa shape index (κ2) is 3.78. The molecule has 1 N–H and O–H groups in total. The Kier molecular flexibility index (Phi) is 2.38. The lowest BCUT2D eigenvalue weighted by Gasteiger charge is -2.30. The van der Waals surface area contributed by atoms with E-state index in [0.717, 1.165) is 17.7 Å². The van der Waals surface area contributed by atoms with Gasteiger partial charge in [0.05, 0.1) is 13.2 Å². The number of benzene rings is 1. The molecule has 0 saturated heterocycles. The summed E-state index contributed by atoms with van der Waals surface area (Å²) >= 11 is 0. The number of β-amino-alcohol motifs (C(OH)–C–C–N with tert-alkyl or cyclic N) is 1. The third-order valence-electron chi connectivity index (χ3n) is 3.24. The molecule has 1 aromatic rings. The van der Waals surface area contributed by atoms with Gasteiger partial charge in [0.1, 0.15) is 0 Å². The fraction of sp³-hybridized carbons (Fsp3) is 0.500. The number of aliphatic hydroxyl groups excluding tert-OH is 1. The van der Waals surface area contributed by atoms with E-state index >= 15 is 0 Å². The van der Waals surface area contributed by atoms with Crippen LogP contribution in [0.3, 0.4) is 0 Å². The van der Waals surface area contributed by atoms with Crippen molar-refractivity contribution in [1.82, 2.24) is 4.90 Å². The molecule has 2 aliphatic heterocycles. The molecular formula is C12H15NO4. The van der Waals surface area contributed by atoms with Gasteiger partial charge in [0.2, 0.25) is 12.5 Å². The Morgan fingerprint density at radius 1 is 1.41 bits per heavy atom. The van der Waals surface area contributed by atoms with Crippen LogP contribution in [0, 0.1) is 0 Å². The molecule has 2 heterocycles. The highest BCUT2D eigenvalue weighted by Gasteiger charge is 2.31. The number of methoxy groups -OCH3 is 1. The van der Waals surface area contributed by atoms with Crippen LogP contribution in [0.4, 0.5) is 0 Å². The van der Waals surface area contributed by atoms with Crippen LogP contribution in [0.2, 0.25) is 0 Å². The van der Waals surface area contributed by atoms with Crippen LogP contribution in [-0.2, 0) is 6.54 Å². The molecule has 5 nitrogen and oxygen atoms in total. The summed E-state index contributed by atoms with van der Waals surface area (Å²) in [5.74, 6) is 1.98. The topological polar surface area (TPSA) is 51.2 Å². The smallest absolute Gasteiger partial charge is 0.231 e. The van der Waals surface area contributed by atoms with Gasteiger partial charge in [-0.1, -0.05) is 0 Å². The Bertz CT molecular complexity index is 460. The molecule has 2 aliphatic rings. The Labute approximate surface area is 99.5 Å². The number of likely N-dealkylation sites (N-methyl/N-ethyl adjacent to an activating group) is 1. The van der Waals surface area contributed by atoms with E-state index in [1.165, 1.54) is 0 Å². The van der Waals surface area contributed by atoms with Crippen LogP contribution in [0.25, 0.3) is 0 Å². The molecule has 92 valence electrons. The molecule has 1 aromatic carbocycles. The first-order chi connectivity index (χ1) is 8.20. The Balaban J connectivity index is 2.18. The molecule has 0 aromatic heterocycles. The number of aliphatic hydroxyl groups is 1. The second-order valence-electron chi connectivity index (χ2n) is 4.42. The van der Waals surface area contributed by atoms with E-state index in [9.17, 15) is 5.11 Å². The number of ether oxygens (including phenoxy) is 3. The predicted molar refractivity (Wildman–Crippen MR) is 60.4 cm³/mol. The van der Waals surface area contributed by atoms with Gasteiger partial charge in [0.15, 0.2) is 11.5 Å². The molecule has 0 fully saturated rings. The van der Waals surface area contributed by atoms with E-state index in [1.807, 2.05) is 13.1 Å². The number of hydrogen-bond donors (Lipinski definition) is 1. The van der Waals surface area contributed by atoms with Gasteiger partial charge in [-0.2, -0.15) is 0 Å². The van der Waals surface area contributed by atoms with E-state index in [-0.39, 0.29) is 6.79 Å². The van der Waals surface area contributed by atoms with E-state index in [4.69, 9.17) is 14.2 Å². The summed E-state index contributed by atoms with van der Waals surface area (Å²) in [6.45, 7) is 1.58. The zero-order valence-electron chi connectivity index (χ0n) is 9.90. The van der Waals surface area contributed by atoms with Crippen molar-refractivity contribution in [2.45, 2.75) is 12.6 Å². The molecule has 0 amide bonds. The van der Waals surface area contributed by atoms with Crippen LogP contribution in [-0.4, -0.2) is 37.5 Å². The van der Waals surface area contributed by atoms with Gasteiger partial charge in [-0.25, -0.2) is 0 Å². The minimum absolute atomic E-state index is 0.210. The third-order valence-corrected chi connectivity index (χ3v) is 3.24. The highest BCUT2D eigenvalue weighted by molar-refractivity contribution is 5.61. The first-order valence-electron chi connectivity index (χ1n) is 5.56. The molecule has 3 rings (SSSR count). The third kappa shape index (κ3) is 1.54. The number of nitrogens with zero attached hydrogens (tertiary/aromatic N) is 1. The zero-order chi connectivity index (χ0) is 12.0. The Morgan fingerprint density at radius 3 is 2.94 bits per heavy atom. The highest BCUT2D eigenvalue weighted by Crippen LogP contribution is 2.48. The maximum atomic E-state index is 10.1. The molecular weight excluding hydrogens is 222 g/mol. The maximum Gasteiger partial charge on any atom is 0.231 e. The molecule has 0 bridgehead atoms. The summed E-state index contributed by atoms with van der Waals surface area (Å²) in [7, 11) is 3.56. The molecule has 5 heteroatoms. The molecule has 0 spiro atoms. The predicted octanol–water partition coefficient (Wildman–Crippen LogP) is 0.903. The van der Waals surface area contributed by atoms with Crippen molar-refractivity contribution in [1.29, 1.82) is 0 Å².